The summed E-state index contributed by atoms with van der Waals surface area (Å²) in [6, 6.07) is 7.87. The van der Waals surface area contributed by atoms with E-state index in [4.69, 9.17) is 43.0 Å². The molecule has 3 N–H and O–H groups in total. The van der Waals surface area contributed by atoms with E-state index in [0.29, 0.717) is 29.7 Å². The molecule has 0 saturated carbocycles. The molecule has 9 rings (SSSR count). The van der Waals surface area contributed by atoms with Crippen LogP contribution in [0.15, 0.2) is 42.6 Å². The van der Waals surface area contributed by atoms with Crippen LogP contribution >= 0.6 is 11.6 Å². The molecule has 0 aliphatic carbocycles. The quantitative estimate of drug-likeness (QED) is 0.181. The first kappa shape index (κ1) is 33.8. The lowest BCUT2D eigenvalue weighted by atomic mass is 9.92. The molecule has 4 aliphatic heterocycles. The number of rotatable bonds is 6. The summed E-state index contributed by atoms with van der Waals surface area (Å²) < 4.78 is 66.5. The fraction of sp³-hybridized carbons (Fsp3) is 0.359. The van der Waals surface area contributed by atoms with Crippen molar-refractivity contribution in [3.05, 3.63) is 70.4 Å². The predicted octanol–water partition coefficient (Wildman–Crippen LogP) is 6.73. The van der Waals surface area contributed by atoms with Gasteiger partial charge in [0.25, 0.3) is 0 Å². The van der Waals surface area contributed by atoms with Crippen molar-refractivity contribution in [1.29, 1.82) is 0 Å². The summed E-state index contributed by atoms with van der Waals surface area (Å²) in [7, 11) is 0. The predicted molar refractivity (Wildman–Crippen MR) is 194 cm³/mol. The van der Waals surface area contributed by atoms with Crippen LogP contribution in [0.5, 0.6) is 17.5 Å². The largest absolute Gasteiger partial charge is 0.508 e. The zero-order chi connectivity index (χ0) is 36.8. The first-order chi connectivity index (χ1) is 25.6. The molecule has 4 aliphatic rings. The van der Waals surface area contributed by atoms with Crippen LogP contribution in [0.3, 0.4) is 0 Å². The van der Waals surface area contributed by atoms with Crippen LogP contribution in [0.2, 0.25) is 5.02 Å². The number of nitrogens with zero attached hydrogens (tertiary/aromatic N) is 5. The molecule has 0 bridgehead atoms. The Balaban J connectivity index is 1.32. The van der Waals surface area contributed by atoms with Crippen LogP contribution in [0.4, 0.5) is 24.8 Å². The number of aromatic nitrogens is 3. The second-order valence-electron chi connectivity index (χ2n) is 14.2. The van der Waals surface area contributed by atoms with E-state index in [2.05, 4.69) is 20.8 Å². The van der Waals surface area contributed by atoms with Crippen molar-refractivity contribution in [3.8, 4) is 41.0 Å². The van der Waals surface area contributed by atoms with E-state index in [1.807, 2.05) is 17.9 Å². The number of anilines is 2. The summed E-state index contributed by atoms with van der Waals surface area (Å²) in [6.07, 6.45) is 7.73. The van der Waals surface area contributed by atoms with Crippen molar-refractivity contribution in [2.45, 2.75) is 56.1 Å². The number of nitrogens with two attached hydrogens (primary N) is 1. The Hall–Kier alpha value is -5.03. The van der Waals surface area contributed by atoms with Gasteiger partial charge in [-0.25, -0.2) is 18.2 Å². The Morgan fingerprint density at radius 2 is 2.06 bits per heavy atom. The Morgan fingerprint density at radius 3 is 2.87 bits per heavy atom. The molecule has 10 nitrogen and oxygen atoms in total. The minimum absolute atomic E-state index is 0.0385. The minimum atomic E-state index is -0.988. The molecule has 3 saturated heterocycles. The highest BCUT2D eigenvalue weighted by Crippen LogP contribution is 2.53. The smallest absolute Gasteiger partial charge is 0.319 e. The van der Waals surface area contributed by atoms with Crippen LogP contribution in [-0.2, 0) is 4.74 Å². The van der Waals surface area contributed by atoms with E-state index >= 15 is 8.78 Å². The number of nitrogen functional groups attached to an aromatic ring is 1. The Morgan fingerprint density at radius 1 is 1.21 bits per heavy atom. The molecule has 5 aromatic rings. The molecule has 0 amide bonds. The zero-order valence-corrected chi connectivity index (χ0v) is 29.3. The molecule has 3 aromatic carbocycles. The molecule has 3 unspecified atom stereocenters. The molecule has 14 heteroatoms. The molecule has 0 radical (unpaired) electrons. The van der Waals surface area contributed by atoms with Crippen molar-refractivity contribution < 1.29 is 32.5 Å². The molecule has 6 heterocycles. The molecule has 0 spiro atoms. The second-order valence-corrected chi connectivity index (χ2v) is 14.6. The van der Waals surface area contributed by atoms with E-state index in [0.717, 1.165) is 19.4 Å². The highest BCUT2D eigenvalue weighted by molar-refractivity contribution is 6.37. The molecule has 2 aromatic heterocycles. The number of aromatic hydroxyl groups is 1. The van der Waals surface area contributed by atoms with Gasteiger partial charge in [0.1, 0.15) is 47.6 Å². The first-order valence-electron chi connectivity index (χ1n) is 17.5. The summed E-state index contributed by atoms with van der Waals surface area (Å²) in [5, 5.41) is 11.4. The molecule has 272 valence electrons. The minimum Gasteiger partial charge on any atom is -0.508 e. The van der Waals surface area contributed by atoms with Gasteiger partial charge in [0.2, 0.25) is 0 Å². The molecule has 3 fully saturated rings. The third-order valence-corrected chi connectivity index (χ3v) is 11.6. The van der Waals surface area contributed by atoms with Crippen LogP contribution < -0.4 is 20.1 Å². The molecular formula is C39H34ClF3N6O4. The van der Waals surface area contributed by atoms with Crippen LogP contribution in [-0.4, -0.2) is 81.7 Å². The van der Waals surface area contributed by atoms with Gasteiger partial charge >= 0.3 is 6.01 Å². The number of hydrogen-bond donors (Lipinski definition) is 2. The maximum atomic E-state index is 17.6. The average molecular weight is 743 g/mol. The van der Waals surface area contributed by atoms with Gasteiger partial charge in [-0.3, -0.25) is 4.90 Å². The highest BCUT2D eigenvalue weighted by Gasteiger charge is 2.50. The lowest BCUT2D eigenvalue weighted by Crippen LogP contribution is -2.46. The SMILES string of the molecule is C#Cc1c(F)ccc2cc(O)cc(-c3c(Cl)c4c5c(nc(OC[C@@]67CCCN6C[C@H](F)C7)nc5c3F)N(C(C)c3cccnc3N)C3COCC3O4)c12. The number of phenols is 1. The fourth-order valence-corrected chi connectivity index (χ4v) is 9.18. The topological polar surface area (TPSA) is 119 Å². The van der Waals surface area contributed by atoms with Gasteiger partial charge in [0.05, 0.1) is 46.8 Å². The van der Waals surface area contributed by atoms with Crippen molar-refractivity contribution in [3.63, 3.8) is 0 Å². The fourth-order valence-electron chi connectivity index (χ4n) is 8.85. The third kappa shape index (κ3) is 5.21. The molecule has 53 heavy (non-hydrogen) atoms. The first-order valence-corrected chi connectivity index (χ1v) is 17.9. The van der Waals surface area contributed by atoms with Gasteiger partial charge in [0, 0.05) is 35.7 Å². The number of benzene rings is 3. The summed E-state index contributed by atoms with van der Waals surface area (Å²) in [4.78, 5) is 17.9. The lowest BCUT2D eigenvalue weighted by molar-refractivity contribution is 0.107. The van der Waals surface area contributed by atoms with Crippen molar-refractivity contribution in [1.82, 2.24) is 19.9 Å². The maximum Gasteiger partial charge on any atom is 0.319 e. The highest BCUT2D eigenvalue weighted by atomic mass is 35.5. The normalized spacial score (nSPS) is 24.2. The van der Waals surface area contributed by atoms with Gasteiger partial charge in [-0.15, -0.1) is 6.42 Å². The van der Waals surface area contributed by atoms with Gasteiger partial charge in [-0.2, -0.15) is 9.97 Å². The standard InChI is InChI=1S/C39H34ClF3N6O4/c1-3-23-26(42)8-7-20-12-22(50)13-25(29(20)23)30-32(40)35-31-34(33(30)43)46-38(52-18-39-9-5-11-48(39)15-21(41)14-39)47-37(31)49(27-16-51-17-28(27)53-35)19(2)24-6-4-10-45-36(24)44/h1,4,6-8,10,12-13,19,21,27-28,50H,5,9,11,14-18H2,2H3,(H2,44,45)/t19?,21-,27?,28?,39+/m1/s1. The number of pyridine rings is 1. The van der Waals surface area contributed by atoms with Crippen molar-refractivity contribution >= 4 is 44.9 Å². The van der Waals surface area contributed by atoms with E-state index < -0.39 is 41.5 Å². The second kappa shape index (κ2) is 12.5. The van der Waals surface area contributed by atoms with E-state index in [-0.39, 0.29) is 81.2 Å². The van der Waals surface area contributed by atoms with E-state index in [9.17, 15) is 9.50 Å². The number of halogens is 4. The summed E-state index contributed by atoms with van der Waals surface area (Å²) in [6.45, 7) is 3.50. The number of terminal acetylenes is 1. The van der Waals surface area contributed by atoms with Crippen molar-refractivity contribution in [2.24, 2.45) is 0 Å². The maximum absolute atomic E-state index is 17.6. The summed E-state index contributed by atoms with van der Waals surface area (Å²) >= 11 is 7.21. The summed E-state index contributed by atoms with van der Waals surface area (Å²) in [5.41, 5.74) is 6.05. The summed E-state index contributed by atoms with van der Waals surface area (Å²) in [5.74, 6) is 1.18. The Kier molecular flexibility index (Phi) is 7.99. The molecular weight excluding hydrogens is 709 g/mol. The van der Waals surface area contributed by atoms with Crippen LogP contribution in [0, 0.1) is 24.0 Å². The average Bonchev–Trinajstić information content (AvgIpc) is 3.81. The molecule has 5 atom stereocenters. The monoisotopic (exact) mass is 742 g/mol. The van der Waals surface area contributed by atoms with Crippen molar-refractivity contribution in [2.75, 3.05) is 43.5 Å². The van der Waals surface area contributed by atoms with Crippen LogP contribution in [0.25, 0.3) is 32.8 Å². The van der Waals surface area contributed by atoms with E-state index in [1.165, 1.54) is 24.3 Å². The Labute approximate surface area is 307 Å². The van der Waals surface area contributed by atoms with E-state index in [1.54, 1.807) is 12.3 Å². The number of fused-ring (bicyclic) bond motifs is 3. The zero-order valence-electron chi connectivity index (χ0n) is 28.6. The van der Waals surface area contributed by atoms with Crippen LogP contribution in [0.1, 0.15) is 43.4 Å². The van der Waals surface area contributed by atoms with Gasteiger partial charge in [-0.05, 0) is 61.5 Å². The number of phenolic OH excluding ortho intramolecular Hbond substituents is 1. The Bertz CT molecular complexity index is 2380. The van der Waals surface area contributed by atoms with Gasteiger partial charge in [-0.1, -0.05) is 29.7 Å². The lowest BCUT2D eigenvalue weighted by Gasteiger charge is -2.36. The number of alkyl halides is 1. The number of ether oxygens (including phenoxy) is 3. The van der Waals surface area contributed by atoms with Gasteiger partial charge in [0.15, 0.2) is 11.6 Å². The third-order valence-electron chi connectivity index (χ3n) is 11.2. The van der Waals surface area contributed by atoms with Gasteiger partial charge < -0.3 is 30.0 Å². The number of hydrogen-bond acceptors (Lipinski definition) is 10.